The van der Waals surface area contributed by atoms with Crippen molar-refractivity contribution >= 4 is 10.8 Å². The zero-order valence-electron chi connectivity index (χ0n) is 13.2. The number of nitriles is 1. The summed E-state index contributed by atoms with van der Waals surface area (Å²) in [5, 5.41) is 19.3. The van der Waals surface area contributed by atoms with Crippen LogP contribution in [0.25, 0.3) is 10.8 Å². The van der Waals surface area contributed by atoms with Gasteiger partial charge >= 0.3 is 0 Å². The molecule has 0 saturated heterocycles. The second-order valence-electron chi connectivity index (χ2n) is 5.64. The van der Waals surface area contributed by atoms with Crippen LogP contribution in [0.2, 0.25) is 0 Å². The summed E-state index contributed by atoms with van der Waals surface area (Å²) in [6.07, 6.45) is 0. The van der Waals surface area contributed by atoms with Crippen LogP contribution in [-0.2, 0) is 6.54 Å². The van der Waals surface area contributed by atoms with Crippen LogP contribution in [0.5, 0.6) is 5.75 Å². The summed E-state index contributed by atoms with van der Waals surface area (Å²) in [6.45, 7) is 5.09. The molecule has 0 aliphatic heterocycles. The Balaban J connectivity index is 1.75. The molecular formula is C18H18N4O. The molecule has 0 bridgehead atoms. The van der Waals surface area contributed by atoms with Gasteiger partial charge in [0.15, 0.2) is 5.69 Å². The van der Waals surface area contributed by atoms with Crippen molar-refractivity contribution in [3.63, 3.8) is 0 Å². The van der Waals surface area contributed by atoms with E-state index in [2.05, 4.69) is 28.5 Å². The Kier molecular flexibility index (Phi) is 4.24. The molecule has 116 valence electrons. The molecule has 0 amide bonds. The van der Waals surface area contributed by atoms with Crippen molar-refractivity contribution in [2.75, 3.05) is 6.61 Å². The summed E-state index contributed by atoms with van der Waals surface area (Å²) in [5.74, 6) is 1.05. The van der Waals surface area contributed by atoms with Gasteiger partial charge in [0, 0.05) is 5.39 Å². The van der Waals surface area contributed by atoms with E-state index in [1.807, 2.05) is 44.2 Å². The molecule has 0 atom stereocenters. The predicted octanol–water partition coefficient (Wildman–Crippen LogP) is 3.51. The summed E-state index contributed by atoms with van der Waals surface area (Å²) in [7, 11) is 0. The van der Waals surface area contributed by atoms with Gasteiger partial charge in [0.05, 0.1) is 12.2 Å². The highest BCUT2D eigenvalue weighted by Gasteiger charge is 2.15. The van der Waals surface area contributed by atoms with Gasteiger partial charge < -0.3 is 4.74 Å². The van der Waals surface area contributed by atoms with E-state index in [-0.39, 0.29) is 5.92 Å². The Morgan fingerprint density at radius 2 is 1.96 bits per heavy atom. The summed E-state index contributed by atoms with van der Waals surface area (Å²) >= 11 is 0. The quantitative estimate of drug-likeness (QED) is 0.723. The van der Waals surface area contributed by atoms with E-state index in [4.69, 9.17) is 10.00 Å². The van der Waals surface area contributed by atoms with E-state index < -0.39 is 0 Å². The average molecular weight is 306 g/mol. The van der Waals surface area contributed by atoms with Crippen LogP contribution in [0, 0.1) is 11.3 Å². The number of fused-ring (bicyclic) bond motifs is 1. The van der Waals surface area contributed by atoms with Crippen molar-refractivity contribution in [1.82, 2.24) is 15.0 Å². The van der Waals surface area contributed by atoms with Crippen LogP contribution in [0.15, 0.2) is 42.5 Å². The minimum atomic E-state index is 0.192. The van der Waals surface area contributed by atoms with E-state index in [1.54, 1.807) is 4.68 Å². The van der Waals surface area contributed by atoms with Crippen LogP contribution in [0.4, 0.5) is 0 Å². The molecule has 1 aromatic heterocycles. The lowest BCUT2D eigenvalue weighted by Gasteiger charge is -2.12. The maximum Gasteiger partial charge on any atom is 0.186 e. The van der Waals surface area contributed by atoms with Gasteiger partial charge in [0.25, 0.3) is 0 Å². The number of aromatic nitrogens is 3. The topological polar surface area (TPSA) is 63.7 Å². The number of benzene rings is 2. The summed E-state index contributed by atoms with van der Waals surface area (Å²) < 4.78 is 7.69. The van der Waals surface area contributed by atoms with Crippen LogP contribution in [0.1, 0.15) is 31.2 Å². The highest BCUT2D eigenvalue weighted by Crippen LogP contribution is 2.25. The number of hydrogen-bond donors (Lipinski definition) is 0. The number of nitrogens with zero attached hydrogens (tertiary/aromatic N) is 4. The minimum absolute atomic E-state index is 0.192. The Bertz CT molecular complexity index is 856. The van der Waals surface area contributed by atoms with Crippen molar-refractivity contribution in [2.45, 2.75) is 26.3 Å². The molecule has 2 aromatic carbocycles. The molecule has 0 aliphatic carbocycles. The molecule has 0 spiro atoms. The van der Waals surface area contributed by atoms with Gasteiger partial charge in [-0.25, -0.2) is 4.68 Å². The Labute approximate surface area is 135 Å². The molecule has 23 heavy (non-hydrogen) atoms. The highest BCUT2D eigenvalue weighted by atomic mass is 16.5. The van der Waals surface area contributed by atoms with Gasteiger partial charge in [-0.15, -0.1) is 5.10 Å². The van der Waals surface area contributed by atoms with Gasteiger partial charge in [0.1, 0.15) is 18.4 Å². The lowest BCUT2D eigenvalue weighted by molar-refractivity contribution is 0.289. The molecule has 5 nitrogen and oxygen atoms in total. The van der Waals surface area contributed by atoms with Gasteiger partial charge in [-0.1, -0.05) is 55.5 Å². The maximum atomic E-state index is 9.11. The van der Waals surface area contributed by atoms with E-state index in [0.29, 0.717) is 18.8 Å². The molecule has 0 radical (unpaired) electrons. The first-order valence-corrected chi connectivity index (χ1v) is 7.64. The fourth-order valence-electron chi connectivity index (χ4n) is 2.70. The molecule has 0 saturated carbocycles. The minimum Gasteiger partial charge on any atom is -0.491 e. The van der Waals surface area contributed by atoms with Crippen LogP contribution in [0.3, 0.4) is 0 Å². The third kappa shape index (κ3) is 3.02. The zero-order valence-corrected chi connectivity index (χ0v) is 13.2. The van der Waals surface area contributed by atoms with Gasteiger partial charge in [0.2, 0.25) is 0 Å². The second kappa shape index (κ2) is 6.49. The average Bonchev–Trinajstić information content (AvgIpc) is 2.98. The predicted molar refractivity (Wildman–Crippen MR) is 88.3 cm³/mol. The van der Waals surface area contributed by atoms with E-state index in [9.17, 15) is 0 Å². The lowest BCUT2D eigenvalue weighted by Crippen LogP contribution is -2.13. The van der Waals surface area contributed by atoms with Gasteiger partial charge in [-0.2, -0.15) is 5.26 Å². The first-order valence-electron chi connectivity index (χ1n) is 7.64. The lowest BCUT2D eigenvalue weighted by atomic mass is 10.1. The van der Waals surface area contributed by atoms with Gasteiger partial charge in [-0.3, -0.25) is 0 Å². The maximum absolute atomic E-state index is 9.11. The van der Waals surface area contributed by atoms with E-state index in [1.165, 1.54) is 0 Å². The molecule has 3 rings (SSSR count). The highest BCUT2D eigenvalue weighted by molar-refractivity contribution is 5.88. The monoisotopic (exact) mass is 306 g/mol. The standard InChI is InChI=1S/C18H18N4O/c1-13(2)18-16(12-19)20-21-22(18)10-11-23-17-9-5-7-14-6-3-4-8-15(14)17/h3-9,13H,10-11H2,1-2H3. The van der Waals surface area contributed by atoms with Gasteiger partial charge in [-0.05, 0) is 17.4 Å². The SMILES string of the molecule is CC(C)c1c(C#N)nnn1CCOc1cccc2ccccc12. The van der Waals surface area contributed by atoms with Crippen molar-refractivity contribution in [3.05, 3.63) is 53.9 Å². The zero-order chi connectivity index (χ0) is 16.2. The normalized spacial score (nSPS) is 10.9. The molecule has 5 heteroatoms. The fraction of sp³-hybridized carbons (Fsp3) is 0.278. The Hall–Kier alpha value is -2.87. The summed E-state index contributed by atoms with van der Waals surface area (Å²) in [6, 6.07) is 16.2. The van der Waals surface area contributed by atoms with Crippen molar-refractivity contribution in [1.29, 1.82) is 5.26 Å². The number of ether oxygens (including phenoxy) is 1. The third-order valence-corrected chi connectivity index (χ3v) is 3.74. The molecule has 0 fully saturated rings. The first kappa shape index (κ1) is 15.0. The summed E-state index contributed by atoms with van der Waals surface area (Å²) in [4.78, 5) is 0. The van der Waals surface area contributed by atoms with Crippen LogP contribution >= 0.6 is 0 Å². The Morgan fingerprint density at radius 3 is 2.74 bits per heavy atom. The van der Waals surface area contributed by atoms with E-state index in [0.717, 1.165) is 22.2 Å². The number of hydrogen-bond acceptors (Lipinski definition) is 4. The van der Waals surface area contributed by atoms with Crippen LogP contribution < -0.4 is 4.74 Å². The van der Waals surface area contributed by atoms with E-state index >= 15 is 0 Å². The molecule has 0 N–H and O–H groups in total. The summed E-state index contributed by atoms with van der Waals surface area (Å²) in [5.41, 5.74) is 1.25. The molecule has 0 unspecified atom stereocenters. The first-order chi connectivity index (χ1) is 11.2. The second-order valence-corrected chi connectivity index (χ2v) is 5.64. The number of rotatable bonds is 5. The molecule has 3 aromatic rings. The van der Waals surface area contributed by atoms with Crippen LogP contribution in [-0.4, -0.2) is 21.6 Å². The Morgan fingerprint density at radius 1 is 1.17 bits per heavy atom. The largest absolute Gasteiger partial charge is 0.491 e. The van der Waals surface area contributed by atoms with Crippen molar-refractivity contribution in [3.8, 4) is 11.8 Å². The van der Waals surface area contributed by atoms with Crippen molar-refractivity contribution in [2.24, 2.45) is 0 Å². The van der Waals surface area contributed by atoms with Crippen molar-refractivity contribution < 1.29 is 4.74 Å². The molecule has 1 heterocycles. The molecule has 0 aliphatic rings. The smallest absolute Gasteiger partial charge is 0.186 e. The molecular weight excluding hydrogens is 288 g/mol. The third-order valence-electron chi connectivity index (χ3n) is 3.74. The fourth-order valence-corrected chi connectivity index (χ4v) is 2.70.